The predicted octanol–water partition coefficient (Wildman–Crippen LogP) is 4.60. The largest absolute Gasteiger partial charge is 0.416 e. The summed E-state index contributed by atoms with van der Waals surface area (Å²) >= 11 is 11.0. The van der Waals surface area contributed by atoms with Gasteiger partial charge < -0.3 is 5.32 Å². The van der Waals surface area contributed by atoms with E-state index in [1.807, 2.05) is 0 Å². The van der Waals surface area contributed by atoms with E-state index in [1.165, 1.54) is 6.07 Å². The van der Waals surface area contributed by atoms with Crippen LogP contribution in [0.2, 0.25) is 5.02 Å². The molecule has 1 saturated carbocycles. The highest BCUT2D eigenvalue weighted by Crippen LogP contribution is 2.40. The van der Waals surface area contributed by atoms with E-state index in [-0.39, 0.29) is 15.8 Å². The van der Waals surface area contributed by atoms with Crippen LogP contribution in [-0.2, 0) is 6.18 Å². The summed E-state index contributed by atoms with van der Waals surface area (Å²) in [5.74, 6) is 0.998. The number of nitrogens with zero attached hydrogens (tertiary/aromatic N) is 1. The third-order valence-corrected chi connectivity index (χ3v) is 4.53. The van der Waals surface area contributed by atoms with Crippen LogP contribution in [0.4, 0.5) is 18.9 Å². The number of hydrogen-bond acceptors (Lipinski definition) is 2. The van der Waals surface area contributed by atoms with Crippen molar-refractivity contribution in [2.24, 2.45) is 16.9 Å². The quantitative estimate of drug-likeness (QED) is 0.460. The topological polar surface area (TPSA) is 36.4 Å². The molecule has 3 rings (SSSR count). The van der Waals surface area contributed by atoms with Gasteiger partial charge in [0.1, 0.15) is 0 Å². The molecule has 8 heteroatoms. The molecule has 2 aliphatic carbocycles. The number of alkyl halides is 3. The van der Waals surface area contributed by atoms with Gasteiger partial charge in [0.2, 0.25) is 0 Å². The first kappa shape index (κ1) is 16.3. The molecule has 2 unspecified atom stereocenters. The number of fused-ring (bicyclic) bond motifs is 1. The van der Waals surface area contributed by atoms with Gasteiger partial charge in [-0.2, -0.15) is 18.3 Å². The number of benzene rings is 1. The molecule has 2 N–H and O–H groups in total. The first-order valence-electron chi connectivity index (χ1n) is 7.01. The summed E-state index contributed by atoms with van der Waals surface area (Å²) in [4.78, 5) is 0. The fraction of sp³-hybridized carbons (Fsp3) is 0.333. The van der Waals surface area contributed by atoms with Gasteiger partial charge in [-0.1, -0.05) is 23.8 Å². The minimum Gasteiger partial charge on any atom is -0.330 e. The Morgan fingerprint density at radius 3 is 2.83 bits per heavy atom. The van der Waals surface area contributed by atoms with Crippen LogP contribution >= 0.6 is 23.8 Å². The zero-order chi connectivity index (χ0) is 16.6. The lowest BCUT2D eigenvalue weighted by Gasteiger charge is -2.31. The third kappa shape index (κ3) is 3.50. The smallest absolute Gasteiger partial charge is 0.330 e. The Morgan fingerprint density at radius 1 is 1.35 bits per heavy atom. The summed E-state index contributed by atoms with van der Waals surface area (Å²) < 4.78 is 38.2. The van der Waals surface area contributed by atoms with Crippen LogP contribution in [0.15, 0.2) is 35.5 Å². The summed E-state index contributed by atoms with van der Waals surface area (Å²) in [5.41, 5.74) is 3.00. The van der Waals surface area contributed by atoms with Gasteiger partial charge in [-0.05, 0) is 49.2 Å². The molecule has 3 nitrogen and oxygen atoms in total. The molecule has 0 radical (unpaired) electrons. The maximum absolute atomic E-state index is 12.7. The van der Waals surface area contributed by atoms with Gasteiger partial charge in [0.25, 0.3) is 0 Å². The standard InChI is InChI=1S/C15H13ClF3N3S/c16-11-5-4-9(15(17,18)19)7-13(11)20-14(23)22-21-12-6-8-2-1-3-10(8)12/h1-2,4-5,7-8,10H,3,6H2,(H2,20,22,23)/b21-12-. The van der Waals surface area contributed by atoms with Gasteiger partial charge in [-0.25, -0.2) is 0 Å². The molecule has 2 atom stereocenters. The molecule has 1 fully saturated rings. The van der Waals surface area contributed by atoms with Crippen molar-refractivity contribution in [3.8, 4) is 0 Å². The zero-order valence-corrected chi connectivity index (χ0v) is 13.4. The van der Waals surface area contributed by atoms with Gasteiger partial charge in [-0.15, -0.1) is 0 Å². The number of allylic oxidation sites excluding steroid dienone is 2. The molecule has 2 aliphatic rings. The van der Waals surface area contributed by atoms with Gasteiger partial charge in [0.05, 0.1) is 16.3 Å². The molecule has 23 heavy (non-hydrogen) atoms. The Kier molecular flexibility index (Phi) is 4.33. The summed E-state index contributed by atoms with van der Waals surface area (Å²) in [6.45, 7) is 0. The highest BCUT2D eigenvalue weighted by molar-refractivity contribution is 7.80. The van der Waals surface area contributed by atoms with E-state index in [0.29, 0.717) is 11.8 Å². The maximum Gasteiger partial charge on any atom is 0.416 e. The molecule has 1 aromatic rings. The van der Waals surface area contributed by atoms with Crippen LogP contribution in [0.3, 0.4) is 0 Å². The van der Waals surface area contributed by atoms with E-state index >= 15 is 0 Å². The Morgan fingerprint density at radius 2 is 2.13 bits per heavy atom. The number of halogens is 4. The summed E-state index contributed by atoms with van der Waals surface area (Å²) in [7, 11) is 0. The van der Waals surface area contributed by atoms with Gasteiger partial charge in [0.15, 0.2) is 5.11 Å². The number of anilines is 1. The Balaban J connectivity index is 1.63. The highest BCUT2D eigenvalue weighted by Gasteiger charge is 2.38. The number of rotatable bonds is 2. The molecule has 0 aromatic heterocycles. The summed E-state index contributed by atoms with van der Waals surface area (Å²) in [5, 5.41) is 7.13. The first-order valence-corrected chi connectivity index (χ1v) is 7.80. The number of nitrogens with one attached hydrogen (secondary N) is 2. The average Bonchev–Trinajstić information content (AvgIpc) is 2.82. The molecule has 0 aliphatic heterocycles. The van der Waals surface area contributed by atoms with Gasteiger partial charge in [-0.3, -0.25) is 5.43 Å². The van der Waals surface area contributed by atoms with E-state index in [2.05, 4.69) is 28.0 Å². The lowest BCUT2D eigenvalue weighted by atomic mass is 9.74. The van der Waals surface area contributed by atoms with Crippen LogP contribution in [-0.4, -0.2) is 10.8 Å². The number of hydrazone groups is 1. The van der Waals surface area contributed by atoms with E-state index < -0.39 is 11.7 Å². The SMILES string of the molecule is FC(F)(F)c1ccc(Cl)c(NC(=S)N/N=C2/CC3C=CCC23)c1. The summed E-state index contributed by atoms with van der Waals surface area (Å²) in [6, 6.07) is 3.03. The van der Waals surface area contributed by atoms with Crippen LogP contribution in [0, 0.1) is 11.8 Å². The normalized spacial score (nSPS) is 24.3. The Labute approximate surface area is 141 Å². The Bertz CT molecular complexity index is 700. The predicted molar refractivity (Wildman–Crippen MR) is 88.6 cm³/mol. The van der Waals surface area contributed by atoms with Crippen molar-refractivity contribution in [2.75, 3.05) is 5.32 Å². The van der Waals surface area contributed by atoms with Crippen LogP contribution in [0.25, 0.3) is 0 Å². The molecule has 0 saturated heterocycles. The first-order chi connectivity index (χ1) is 10.8. The zero-order valence-electron chi connectivity index (χ0n) is 11.8. The van der Waals surface area contributed by atoms with Crippen molar-refractivity contribution < 1.29 is 13.2 Å². The summed E-state index contributed by atoms with van der Waals surface area (Å²) in [6.07, 6.45) is 1.75. The third-order valence-electron chi connectivity index (χ3n) is 4.01. The Hall–Kier alpha value is -1.60. The monoisotopic (exact) mass is 359 g/mol. The maximum atomic E-state index is 12.7. The van der Waals surface area contributed by atoms with E-state index in [9.17, 15) is 13.2 Å². The van der Waals surface area contributed by atoms with E-state index in [0.717, 1.165) is 30.7 Å². The molecule has 1 aromatic carbocycles. The van der Waals surface area contributed by atoms with Crippen molar-refractivity contribution >= 4 is 40.3 Å². The number of thiocarbonyl (C=S) groups is 1. The van der Waals surface area contributed by atoms with Crippen molar-refractivity contribution in [1.29, 1.82) is 0 Å². The minimum absolute atomic E-state index is 0.0909. The van der Waals surface area contributed by atoms with Crippen LogP contribution < -0.4 is 10.7 Å². The molecule has 122 valence electrons. The van der Waals surface area contributed by atoms with Crippen molar-refractivity contribution in [1.82, 2.24) is 5.43 Å². The second kappa shape index (κ2) is 6.13. The van der Waals surface area contributed by atoms with Crippen molar-refractivity contribution in [3.05, 3.63) is 40.9 Å². The minimum atomic E-state index is -4.44. The second-order valence-electron chi connectivity index (χ2n) is 5.50. The fourth-order valence-electron chi connectivity index (χ4n) is 2.73. The molecular weight excluding hydrogens is 347 g/mol. The molecule has 0 spiro atoms. The molecule has 0 heterocycles. The van der Waals surface area contributed by atoms with Gasteiger partial charge >= 0.3 is 6.18 Å². The molecule has 0 amide bonds. The second-order valence-corrected chi connectivity index (χ2v) is 6.32. The van der Waals surface area contributed by atoms with Crippen molar-refractivity contribution in [3.63, 3.8) is 0 Å². The molecule has 0 bridgehead atoms. The van der Waals surface area contributed by atoms with E-state index in [4.69, 9.17) is 23.8 Å². The highest BCUT2D eigenvalue weighted by atomic mass is 35.5. The fourth-order valence-corrected chi connectivity index (χ4v) is 3.05. The lowest BCUT2D eigenvalue weighted by molar-refractivity contribution is -0.137. The molecular formula is C15H13ClF3N3S. The van der Waals surface area contributed by atoms with Gasteiger partial charge in [0, 0.05) is 11.6 Å². The van der Waals surface area contributed by atoms with Crippen LogP contribution in [0.5, 0.6) is 0 Å². The van der Waals surface area contributed by atoms with E-state index in [1.54, 1.807) is 0 Å². The number of hydrogen-bond donors (Lipinski definition) is 2. The average molecular weight is 360 g/mol. The van der Waals surface area contributed by atoms with Crippen LogP contribution in [0.1, 0.15) is 18.4 Å². The van der Waals surface area contributed by atoms with Crippen molar-refractivity contribution in [2.45, 2.75) is 19.0 Å². The lowest BCUT2D eigenvalue weighted by Crippen LogP contribution is -2.36.